The number of aryl methyl sites for hydroxylation is 1. The van der Waals surface area contributed by atoms with E-state index in [9.17, 15) is 4.79 Å². The summed E-state index contributed by atoms with van der Waals surface area (Å²) < 4.78 is 3.42. The van der Waals surface area contributed by atoms with Gasteiger partial charge in [0.25, 0.3) is 5.56 Å². The summed E-state index contributed by atoms with van der Waals surface area (Å²) in [6.45, 7) is 0.856. The van der Waals surface area contributed by atoms with E-state index >= 15 is 0 Å². The second-order valence-corrected chi connectivity index (χ2v) is 6.94. The summed E-state index contributed by atoms with van der Waals surface area (Å²) in [5, 5.41) is 5.94. The van der Waals surface area contributed by atoms with Gasteiger partial charge in [0.05, 0.1) is 22.3 Å². The highest BCUT2D eigenvalue weighted by Gasteiger charge is 2.32. The van der Waals surface area contributed by atoms with Crippen molar-refractivity contribution in [3.8, 4) is 0 Å². The molecule has 1 fully saturated rings. The van der Waals surface area contributed by atoms with Crippen molar-refractivity contribution in [2.75, 3.05) is 11.4 Å². The Morgan fingerprint density at radius 3 is 2.85 bits per heavy atom. The van der Waals surface area contributed by atoms with Crippen LogP contribution in [0.3, 0.4) is 0 Å². The predicted octanol–water partition coefficient (Wildman–Crippen LogP) is 1.95. The minimum atomic E-state index is -0.0170. The monoisotopic (exact) mass is 361 g/mol. The minimum Gasteiger partial charge on any atom is -0.346 e. The van der Waals surface area contributed by atoms with Gasteiger partial charge in [0.15, 0.2) is 5.65 Å². The zero-order chi connectivity index (χ0) is 18.5. The minimum absolute atomic E-state index is 0.00869. The third kappa shape index (κ3) is 2.40. The third-order valence-electron chi connectivity index (χ3n) is 5.25. The quantitative estimate of drug-likeness (QED) is 0.543. The van der Waals surface area contributed by atoms with Crippen molar-refractivity contribution in [2.45, 2.75) is 18.9 Å². The maximum Gasteiger partial charge on any atom is 0.261 e. The summed E-state index contributed by atoms with van der Waals surface area (Å²) >= 11 is 0. The Labute approximate surface area is 155 Å². The number of fused-ring (bicyclic) bond motifs is 2. The lowest BCUT2D eigenvalue weighted by molar-refractivity contribution is 0.608. The van der Waals surface area contributed by atoms with Crippen LogP contribution >= 0.6 is 0 Å². The van der Waals surface area contributed by atoms with Gasteiger partial charge >= 0.3 is 0 Å². The molecule has 3 aromatic heterocycles. The average Bonchev–Trinajstić information content (AvgIpc) is 3.30. The first-order chi connectivity index (χ1) is 13.1. The molecule has 0 aliphatic carbocycles. The van der Waals surface area contributed by atoms with Crippen molar-refractivity contribution in [1.82, 2.24) is 29.3 Å². The third-order valence-corrected chi connectivity index (χ3v) is 5.25. The second kappa shape index (κ2) is 5.87. The molecule has 5 rings (SSSR count). The van der Waals surface area contributed by atoms with E-state index in [1.54, 1.807) is 22.6 Å². The molecule has 0 amide bonds. The maximum absolute atomic E-state index is 12.8. The van der Waals surface area contributed by atoms with Gasteiger partial charge in [-0.25, -0.2) is 15.0 Å². The van der Waals surface area contributed by atoms with Gasteiger partial charge in [-0.2, -0.15) is 5.10 Å². The molecule has 0 spiro atoms. The zero-order valence-electron chi connectivity index (χ0n) is 15.2. The first-order valence-electron chi connectivity index (χ1n) is 9.00. The van der Waals surface area contributed by atoms with Crippen LogP contribution < -0.4 is 10.5 Å². The Hall–Kier alpha value is -3.29. The van der Waals surface area contributed by atoms with Gasteiger partial charge < -0.3 is 4.90 Å². The van der Waals surface area contributed by atoms with Crippen molar-refractivity contribution in [3.05, 3.63) is 53.0 Å². The molecule has 1 saturated heterocycles. The Morgan fingerprint density at radius 1 is 1.11 bits per heavy atom. The molecule has 0 bridgehead atoms. The van der Waals surface area contributed by atoms with Crippen LogP contribution in [0, 0.1) is 0 Å². The van der Waals surface area contributed by atoms with E-state index in [2.05, 4.69) is 20.0 Å². The van der Waals surface area contributed by atoms with E-state index < -0.39 is 0 Å². The SMILES string of the molecule is Cn1cc2c(N3CCCC3c3nc4ccccc4c(=O)n3C)ncnc2n1. The highest BCUT2D eigenvalue weighted by molar-refractivity contribution is 5.86. The Kier molecular flexibility index (Phi) is 3.46. The Balaban J connectivity index is 1.68. The van der Waals surface area contributed by atoms with Crippen LogP contribution in [0.25, 0.3) is 21.9 Å². The number of hydrogen-bond acceptors (Lipinski definition) is 6. The standard InChI is InChI=1S/C19H19N7O/c1-24-10-13-16(23-24)20-11-21-17(13)26-9-5-8-15(26)18-22-14-7-4-3-6-12(14)19(27)25(18)2/h3-4,6-7,10-11,15H,5,8-9H2,1-2H3. The fourth-order valence-corrected chi connectivity index (χ4v) is 3.99. The van der Waals surface area contributed by atoms with E-state index in [4.69, 9.17) is 4.98 Å². The van der Waals surface area contributed by atoms with Gasteiger partial charge in [-0.05, 0) is 25.0 Å². The number of rotatable bonds is 2. The fraction of sp³-hybridized carbons (Fsp3) is 0.316. The highest BCUT2D eigenvalue weighted by atomic mass is 16.1. The molecule has 8 nitrogen and oxygen atoms in total. The molecule has 27 heavy (non-hydrogen) atoms. The molecular weight excluding hydrogens is 342 g/mol. The van der Waals surface area contributed by atoms with Crippen LogP contribution in [-0.2, 0) is 14.1 Å². The van der Waals surface area contributed by atoms with Crippen LogP contribution in [0.15, 0.2) is 41.6 Å². The molecule has 1 atom stereocenters. The molecule has 0 N–H and O–H groups in total. The summed E-state index contributed by atoms with van der Waals surface area (Å²) in [7, 11) is 3.68. The lowest BCUT2D eigenvalue weighted by atomic mass is 10.1. The first-order valence-corrected chi connectivity index (χ1v) is 9.00. The van der Waals surface area contributed by atoms with Gasteiger partial charge in [-0.1, -0.05) is 12.1 Å². The van der Waals surface area contributed by atoms with Gasteiger partial charge in [0.2, 0.25) is 0 Å². The van der Waals surface area contributed by atoms with Gasteiger partial charge in [-0.3, -0.25) is 14.0 Å². The molecule has 8 heteroatoms. The summed E-state index contributed by atoms with van der Waals surface area (Å²) in [5.74, 6) is 1.62. The second-order valence-electron chi connectivity index (χ2n) is 6.94. The van der Waals surface area contributed by atoms with Crippen molar-refractivity contribution in [1.29, 1.82) is 0 Å². The number of hydrogen-bond donors (Lipinski definition) is 0. The smallest absolute Gasteiger partial charge is 0.261 e. The maximum atomic E-state index is 12.8. The molecule has 0 radical (unpaired) electrons. The molecule has 136 valence electrons. The summed E-state index contributed by atoms with van der Waals surface area (Å²) in [6.07, 6.45) is 5.42. The molecule has 1 aliphatic heterocycles. The van der Waals surface area contributed by atoms with Crippen LogP contribution in [0.5, 0.6) is 0 Å². The molecule has 1 aliphatic rings. The number of para-hydroxylation sites is 1. The normalized spacial score (nSPS) is 17.3. The highest BCUT2D eigenvalue weighted by Crippen LogP contribution is 2.36. The predicted molar refractivity (Wildman–Crippen MR) is 103 cm³/mol. The zero-order valence-corrected chi connectivity index (χ0v) is 15.2. The van der Waals surface area contributed by atoms with E-state index in [-0.39, 0.29) is 11.6 Å². The van der Waals surface area contributed by atoms with E-state index in [0.29, 0.717) is 11.0 Å². The van der Waals surface area contributed by atoms with Crippen LogP contribution in [0.1, 0.15) is 24.7 Å². The molecule has 1 aromatic carbocycles. The molecule has 0 saturated carbocycles. The topological polar surface area (TPSA) is 81.7 Å². The van der Waals surface area contributed by atoms with Crippen LogP contribution in [0.4, 0.5) is 5.82 Å². The molecule has 4 heterocycles. The number of benzene rings is 1. The van der Waals surface area contributed by atoms with Gasteiger partial charge in [-0.15, -0.1) is 0 Å². The van der Waals surface area contributed by atoms with Crippen molar-refractivity contribution in [2.24, 2.45) is 14.1 Å². The number of anilines is 1. The average molecular weight is 361 g/mol. The van der Waals surface area contributed by atoms with E-state index in [0.717, 1.165) is 41.9 Å². The summed E-state index contributed by atoms with van der Waals surface area (Å²) in [5.41, 5.74) is 1.39. The van der Waals surface area contributed by atoms with Crippen molar-refractivity contribution < 1.29 is 0 Å². The fourth-order valence-electron chi connectivity index (χ4n) is 3.99. The van der Waals surface area contributed by atoms with E-state index in [1.807, 2.05) is 37.5 Å². The largest absolute Gasteiger partial charge is 0.346 e. The number of aromatic nitrogens is 6. The molecule has 4 aromatic rings. The van der Waals surface area contributed by atoms with E-state index in [1.165, 1.54) is 0 Å². The van der Waals surface area contributed by atoms with Crippen LogP contribution in [-0.4, -0.2) is 35.8 Å². The molecular formula is C19H19N7O. The molecule has 1 unspecified atom stereocenters. The summed E-state index contributed by atoms with van der Waals surface area (Å²) in [4.78, 5) is 28.7. The first kappa shape index (κ1) is 15.9. The van der Waals surface area contributed by atoms with Gasteiger partial charge in [0.1, 0.15) is 18.0 Å². The van der Waals surface area contributed by atoms with Gasteiger partial charge in [0, 0.05) is 26.8 Å². The lowest BCUT2D eigenvalue weighted by Crippen LogP contribution is -2.31. The lowest BCUT2D eigenvalue weighted by Gasteiger charge is -2.26. The van der Waals surface area contributed by atoms with Crippen molar-refractivity contribution >= 4 is 27.8 Å². The number of nitrogens with zero attached hydrogens (tertiary/aromatic N) is 7. The Morgan fingerprint density at radius 2 is 1.96 bits per heavy atom. The van der Waals surface area contributed by atoms with Crippen molar-refractivity contribution in [3.63, 3.8) is 0 Å². The summed E-state index contributed by atoms with van der Waals surface area (Å²) in [6, 6.07) is 7.49. The Bertz CT molecular complexity index is 1230. The van der Waals surface area contributed by atoms with Crippen LogP contribution in [0.2, 0.25) is 0 Å².